The van der Waals surface area contributed by atoms with Crippen molar-refractivity contribution >= 4 is 51.3 Å². The van der Waals surface area contributed by atoms with Crippen molar-refractivity contribution in [2.45, 2.75) is 49.3 Å². The Labute approximate surface area is 186 Å². The van der Waals surface area contributed by atoms with Crippen molar-refractivity contribution < 1.29 is 9.13 Å². The average molecular weight is 528 g/mol. The SMILES string of the molecule is CC(C)NCCCn1c(Sc2cc3c(cc2I)OCC3)nc2c(N)nc(F)nc21. The molecule has 154 valence electrons. The third-order valence-corrected chi connectivity index (χ3v) is 6.93. The number of aryl methyl sites for hydroxylation is 1. The van der Waals surface area contributed by atoms with Gasteiger partial charge in [-0.15, -0.1) is 0 Å². The van der Waals surface area contributed by atoms with Crippen molar-refractivity contribution in [3.63, 3.8) is 0 Å². The Bertz CT molecular complexity index is 1060. The molecule has 0 amide bonds. The summed E-state index contributed by atoms with van der Waals surface area (Å²) in [6.45, 7) is 6.43. The zero-order valence-corrected chi connectivity index (χ0v) is 19.2. The van der Waals surface area contributed by atoms with Crippen LogP contribution in [0.1, 0.15) is 25.8 Å². The Morgan fingerprint density at radius 2 is 2.17 bits per heavy atom. The van der Waals surface area contributed by atoms with Gasteiger partial charge in [0.1, 0.15) is 5.75 Å². The van der Waals surface area contributed by atoms with Gasteiger partial charge in [0.25, 0.3) is 0 Å². The first-order chi connectivity index (χ1) is 13.9. The van der Waals surface area contributed by atoms with Gasteiger partial charge in [-0.1, -0.05) is 25.6 Å². The molecule has 1 aliphatic heterocycles. The molecule has 10 heteroatoms. The lowest BCUT2D eigenvalue weighted by molar-refractivity contribution is 0.356. The Balaban J connectivity index is 1.69. The average Bonchev–Trinajstić information content (AvgIpc) is 3.23. The first kappa shape index (κ1) is 20.6. The summed E-state index contributed by atoms with van der Waals surface area (Å²) >= 11 is 3.84. The van der Waals surface area contributed by atoms with Crippen LogP contribution in [0.2, 0.25) is 0 Å². The molecule has 3 heterocycles. The number of rotatable bonds is 7. The summed E-state index contributed by atoms with van der Waals surface area (Å²) in [5.74, 6) is 1.01. The second-order valence-electron chi connectivity index (χ2n) is 7.15. The van der Waals surface area contributed by atoms with E-state index in [2.05, 4.69) is 68.8 Å². The van der Waals surface area contributed by atoms with E-state index in [1.54, 1.807) is 0 Å². The quantitative estimate of drug-likeness (QED) is 0.275. The number of aromatic nitrogens is 4. The smallest absolute Gasteiger partial charge is 0.312 e. The molecule has 0 spiro atoms. The molecular weight excluding hydrogens is 506 g/mol. The second-order valence-corrected chi connectivity index (χ2v) is 9.32. The molecule has 7 nitrogen and oxygen atoms in total. The van der Waals surface area contributed by atoms with Crippen LogP contribution in [0, 0.1) is 9.65 Å². The molecule has 0 fully saturated rings. The number of ether oxygens (including phenoxy) is 1. The highest BCUT2D eigenvalue weighted by Crippen LogP contribution is 2.38. The van der Waals surface area contributed by atoms with Crippen molar-refractivity contribution in [3.05, 3.63) is 27.3 Å². The van der Waals surface area contributed by atoms with E-state index < -0.39 is 6.08 Å². The van der Waals surface area contributed by atoms with Gasteiger partial charge in [0, 0.05) is 27.5 Å². The molecule has 0 unspecified atom stereocenters. The van der Waals surface area contributed by atoms with Crippen LogP contribution in [0.4, 0.5) is 10.2 Å². The summed E-state index contributed by atoms with van der Waals surface area (Å²) in [4.78, 5) is 13.3. The number of benzene rings is 1. The molecule has 29 heavy (non-hydrogen) atoms. The summed E-state index contributed by atoms with van der Waals surface area (Å²) in [7, 11) is 0. The summed E-state index contributed by atoms with van der Waals surface area (Å²) in [5.41, 5.74) is 7.99. The van der Waals surface area contributed by atoms with Crippen molar-refractivity contribution in [2.24, 2.45) is 0 Å². The number of halogens is 2. The summed E-state index contributed by atoms with van der Waals surface area (Å²) < 4.78 is 22.5. The summed E-state index contributed by atoms with van der Waals surface area (Å²) in [5, 5.41) is 4.13. The molecule has 0 bridgehead atoms. The lowest BCUT2D eigenvalue weighted by Gasteiger charge is -2.12. The minimum atomic E-state index is -0.836. The first-order valence-electron chi connectivity index (χ1n) is 9.48. The number of hydrogen-bond acceptors (Lipinski definition) is 7. The van der Waals surface area contributed by atoms with E-state index in [9.17, 15) is 4.39 Å². The molecule has 4 rings (SSSR count). The van der Waals surface area contributed by atoms with E-state index in [1.807, 2.05) is 4.57 Å². The number of nitrogens with one attached hydrogen (secondary N) is 1. The van der Waals surface area contributed by atoms with Gasteiger partial charge >= 0.3 is 6.08 Å². The van der Waals surface area contributed by atoms with Crippen LogP contribution in [0.3, 0.4) is 0 Å². The van der Waals surface area contributed by atoms with Gasteiger partial charge in [-0.05, 0) is 53.3 Å². The monoisotopic (exact) mass is 528 g/mol. The number of nitrogen functional groups attached to an aromatic ring is 1. The van der Waals surface area contributed by atoms with E-state index in [-0.39, 0.29) is 5.82 Å². The molecule has 1 aromatic carbocycles. The molecule has 0 radical (unpaired) electrons. The van der Waals surface area contributed by atoms with Crippen LogP contribution in [-0.4, -0.2) is 38.7 Å². The number of nitrogens with zero attached hydrogens (tertiary/aromatic N) is 4. The molecule has 1 aliphatic rings. The van der Waals surface area contributed by atoms with E-state index in [0.29, 0.717) is 30.4 Å². The maximum absolute atomic E-state index is 13.8. The molecule has 2 aromatic heterocycles. The lowest BCUT2D eigenvalue weighted by Crippen LogP contribution is -2.24. The van der Waals surface area contributed by atoms with Crippen LogP contribution in [0.25, 0.3) is 11.2 Å². The van der Waals surface area contributed by atoms with E-state index in [0.717, 1.165) is 38.8 Å². The highest BCUT2D eigenvalue weighted by molar-refractivity contribution is 14.1. The molecule has 0 aliphatic carbocycles. The Morgan fingerprint density at radius 1 is 1.34 bits per heavy atom. The highest BCUT2D eigenvalue weighted by atomic mass is 127. The number of fused-ring (bicyclic) bond motifs is 2. The molecule has 0 saturated carbocycles. The molecule has 3 N–H and O–H groups in total. The van der Waals surface area contributed by atoms with Gasteiger partial charge in [0.2, 0.25) is 0 Å². The van der Waals surface area contributed by atoms with Gasteiger partial charge < -0.3 is 20.4 Å². The zero-order chi connectivity index (χ0) is 20.5. The standard InChI is InChI=1S/C19H22FIN6OS/c1-10(2)23-5-3-6-27-17-15(16(22)25-18(20)26-17)24-19(27)29-14-8-11-4-7-28-13(11)9-12(14)21/h8-10,23H,3-7H2,1-2H3,(H2,22,25,26). The number of imidazole rings is 1. The minimum Gasteiger partial charge on any atom is -0.493 e. The largest absolute Gasteiger partial charge is 0.493 e. The van der Waals surface area contributed by atoms with Crippen molar-refractivity contribution in [1.29, 1.82) is 0 Å². The summed E-state index contributed by atoms with van der Waals surface area (Å²) in [6.07, 6.45) is 0.927. The summed E-state index contributed by atoms with van der Waals surface area (Å²) in [6, 6.07) is 4.61. The zero-order valence-electron chi connectivity index (χ0n) is 16.2. The highest BCUT2D eigenvalue weighted by Gasteiger charge is 2.20. The van der Waals surface area contributed by atoms with Gasteiger partial charge in [0.05, 0.1) is 6.61 Å². The number of anilines is 1. The van der Waals surface area contributed by atoms with Crippen LogP contribution >= 0.6 is 34.4 Å². The number of hydrogen-bond donors (Lipinski definition) is 2. The molecule has 0 saturated heterocycles. The van der Waals surface area contributed by atoms with Gasteiger partial charge in [-0.2, -0.15) is 14.4 Å². The minimum absolute atomic E-state index is 0.0606. The van der Waals surface area contributed by atoms with Crippen molar-refractivity contribution in [3.8, 4) is 5.75 Å². The molecular formula is C19H22FIN6OS. The van der Waals surface area contributed by atoms with Crippen LogP contribution in [0.15, 0.2) is 22.2 Å². The Kier molecular flexibility index (Phi) is 6.11. The van der Waals surface area contributed by atoms with Crippen LogP contribution in [-0.2, 0) is 13.0 Å². The van der Waals surface area contributed by atoms with Gasteiger partial charge in [-0.3, -0.25) is 0 Å². The van der Waals surface area contributed by atoms with E-state index in [1.165, 1.54) is 17.3 Å². The Morgan fingerprint density at radius 3 is 2.97 bits per heavy atom. The predicted molar refractivity (Wildman–Crippen MR) is 120 cm³/mol. The maximum atomic E-state index is 13.8. The fraction of sp³-hybridized carbons (Fsp3) is 0.421. The van der Waals surface area contributed by atoms with E-state index in [4.69, 9.17) is 10.5 Å². The van der Waals surface area contributed by atoms with Crippen LogP contribution < -0.4 is 15.8 Å². The van der Waals surface area contributed by atoms with Gasteiger partial charge in [-0.25, -0.2) is 4.98 Å². The van der Waals surface area contributed by atoms with Crippen molar-refractivity contribution in [1.82, 2.24) is 24.8 Å². The maximum Gasteiger partial charge on any atom is 0.312 e. The first-order valence-corrected chi connectivity index (χ1v) is 11.4. The third kappa shape index (κ3) is 4.43. The van der Waals surface area contributed by atoms with Crippen molar-refractivity contribution in [2.75, 3.05) is 18.9 Å². The topological polar surface area (TPSA) is 90.9 Å². The van der Waals surface area contributed by atoms with Gasteiger partial charge in [0.15, 0.2) is 22.1 Å². The lowest BCUT2D eigenvalue weighted by atomic mass is 10.2. The predicted octanol–water partition coefficient (Wildman–Crippen LogP) is 3.63. The number of nitrogens with two attached hydrogens (primary N) is 1. The van der Waals surface area contributed by atoms with Crippen LogP contribution in [0.5, 0.6) is 5.75 Å². The van der Waals surface area contributed by atoms with E-state index >= 15 is 0 Å². The fourth-order valence-corrected chi connectivity index (χ4v) is 4.98. The third-order valence-electron chi connectivity index (χ3n) is 4.62. The fourth-order valence-electron chi connectivity index (χ4n) is 3.24. The second kappa shape index (κ2) is 8.60. The normalized spacial score (nSPS) is 13.3. The Hall–Kier alpha value is -1.66. The molecule has 3 aromatic rings. The molecule has 0 atom stereocenters.